The Morgan fingerprint density at radius 3 is 2.86 bits per heavy atom. The van der Waals surface area contributed by atoms with Crippen LogP contribution in [0.25, 0.3) is 0 Å². The lowest BCUT2D eigenvalue weighted by Gasteiger charge is -2.29. The third-order valence-corrected chi connectivity index (χ3v) is 3.85. The lowest BCUT2D eigenvalue weighted by Crippen LogP contribution is -2.53. The molecular formula is C11H16FN5O5. The average Bonchev–Trinajstić information content (AvgIpc) is 2.75. The standard InChI is InChI=1S/C11H16FN5O5/c1-11(9(20)16-14)5(3-18)22-8(6(11)19)17-2-4(12)7(13)15-10(17)21/h2,5-6,8,18-19H,3,14H2,1H3,(H,16,20)(H2,13,15,21)/t5-,6?,8-,11?/m1/s1. The monoisotopic (exact) mass is 317 g/mol. The number of rotatable bonds is 3. The zero-order valence-corrected chi connectivity index (χ0v) is 11.6. The van der Waals surface area contributed by atoms with Crippen LogP contribution in [0.15, 0.2) is 11.0 Å². The molecule has 11 heteroatoms. The van der Waals surface area contributed by atoms with E-state index in [1.54, 1.807) is 0 Å². The van der Waals surface area contributed by atoms with Crippen LogP contribution < -0.4 is 22.7 Å². The summed E-state index contributed by atoms with van der Waals surface area (Å²) in [6, 6.07) is 0. The predicted octanol–water partition coefficient (Wildman–Crippen LogP) is -2.79. The number of carbonyl (C=O) groups excluding carboxylic acids is 1. The van der Waals surface area contributed by atoms with Gasteiger partial charge in [-0.2, -0.15) is 4.98 Å². The van der Waals surface area contributed by atoms with Crippen LogP contribution in [0.2, 0.25) is 0 Å². The minimum absolute atomic E-state index is 0.602. The smallest absolute Gasteiger partial charge is 0.351 e. The molecule has 0 spiro atoms. The molecule has 10 nitrogen and oxygen atoms in total. The molecule has 4 atom stereocenters. The molecule has 1 aliphatic heterocycles. The molecule has 1 fully saturated rings. The van der Waals surface area contributed by atoms with E-state index >= 15 is 0 Å². The fraction of sp³-hybridized carbons (Fsp3) is 0.545. The van der Waals surface area contributed by atoms with Gasteiger partial charge in [-0.1, -0.05) is 0 Å². The van der Waals surface area contributed by atoms with Crippen molar-refractivity contribution in [2.24, 2.45) is 11.3 Å². The zero-order chi connectivity index (χ0) is 16.7. The first-order valence-corrected chi connectivity index (χ1v) is 6.27. The molecule has 22 heavy (non-hydrogen) atoms. The highest BCUT2D eigenvalue weighted by molar-refractivity contribution is 5.83. The lowest BCUT2D eigenvalue weighted by molar-refractivity contribution is -0.138. The number of hydrazine groups is 1. The molecule has 2 heterocycles. The van der Waals surface area contributed by atoms with Crippen LogP contribution in [0, 0.1) is 11.2 Å². The summed E-state index contributed by atoms with van der Waals surface area (Å²) in [7, 11) is 0. The number of aliphatic hydroxyl groups excluding tert-OH is 2. The molecule has 2 unspecified atom stereocenters. The maximum Gasteiger partial charge on any atom is 0.351 e. The molecule has 1 saturated heterocycles. The van der Waals surface area contributed by atoms with Crippen molar-refractivity contribution >= 4 is 11.7 Å². The van der Waals surface area contributed by atoms with Crippen molar-refractivity contribution in [3.8, 4) is 0 Å². The molecule has 0 radical (unpaired) electrons. The van der Waals surface area contributed by atoms with Gasteiger partial charge in [0.1, 0.15) is 17.6 Å². The van der Waals surface area contributed by atoms with E-state index in [0.29, 0.717) is 10.8 Å². The molecule has 0 aromatic carbocycles. The number of aliphatic hydroxyl groups is 2. The molecule has 1 aromatic rings. The van der Waals surface area contributed by atoms with E-state index in [1.165, 1.54) is 6.92 Å². The largest absolute Gasteiger partial charge is 0.394 e. The van der Waals surface area contributed by atoms with Gasteiger partial charge in [-0.3, -0.25) is 14.8 Å². The fourth-order valence-corrected chi connectivity index (χ4v) is 2.40. The van der Waals surface area contributed by atoms with E-state index < -0.39 is 53.7 Å². The van der Waals surface area contributed by atoms with Crippen molar-refractivity contribution < 1.29 is 24.1 Å². The van der Waals surface area contributed by atoms with Gasteiger partial charge in [0.2, 0.25) is 5.91 Å². The number of hydrogen-bond donors (Lipinski definition) is 5. The summed E-state index contributed by atoms with van der Waals surface area (Å²) >= 11 is 0. The summed E-state index contributed by atoms with van der Waals surface area (Å²) < 4.78 is 19.5. The van der Waals surface area contributed by atoms with Crippen molar-refractivity contribution in [1.82, 2.24) is 15.0 Å². The number of hydrogen-bond acceptors (Lipinski definition) is 8. The number of carbonyl (C=O) groups is 1. The molecular weight excluding hydrogens is 301 g/mol. The maximum atomic E-state index is 13.5. The van der Waals surface area contributed by atoms with Gasteiger partial charge in [0.05, 0.1) is 12.8 Å². The minimum atomic E-state index is -1.65. The van der Waals surface area contributed by atoms with E-state index in [2.05, 4.69) is 4.98 Å². The summed E-state index contributed by atoms with van der Waals surface area (Å²) in [4.78, 5) is 27.0. The second-order valence-corrected chi connectivity index (χ2v) is 5.06. The van der Waals surface area contributed by atoms with Gasteiger partial charge >= 0.3 is 5.69 Å². The van der Waals surface area contributed by atoms with Crippen LogP contribution in [0.4, 0.5) is 10.2 Å². The van der Waals surface area contributed by atoms with Gasteiger partial charge in [-0.15, -0.1) is 0 Å². The van der Waals surface area contributed by atoms with Crippen molar-refractivity contribution in [3.63, 3.8) is 0 Å². The number of amides is 1. The first-order valence-electron chi connectivity index (χ1n) is 6.27. The Morgan fingerprint density at radius 2 is 2.32 bits per heavy atom. The normalized spacial score (nSPS) is 31.2. The SMILES string of the molecule is CC1(C(=O)NN)C(O)[C@H](n2cc(F)c(N)nc2=O)O[C@@H]1CO. The highest BCUT2D eigenvalue weighted by Gasteiger charge is 2.58. The Bertz CT molecular complexity index is 652. The predicted molar refractivity (Wildman–Crippen MR) is 70.3 cm³/mol. The average molecular weight is 317 g/mol. The Labute approximate surface area is 123 Å². The zero-order valence-electron chi connectivity index (χ0n) is 11.6. The van der Waals surface area contributed by atoms with Crippen LogP contribution >= 0.6 is 0 Å². The van der Waals surface area contributed by atoms with Crippen molar-refractivity contribution in [3.05, 3.63) is 22.5 Å². The van der Waals surface area contributed by atoms with Crippen LogP contribution in [0.3, 0.4) is 0 Å². The molecule has 1 aromatic heterocycles. The second kappa shape index (κ2) is 5.61. The van der Waals surface area contributed by atoms with Crippen LogP contribution in [0.1, 0.15) is 13.2 Å². The van der Waals surface area contributed by atoms with Gasteiger partial charge in [0.25, 0.3) is 0 Å². The fourth-order valence-electron chi connectivity index (χ4n) is 2.40. The Hall–Kier alpha value is -2.08. The van der Waals surface area contributed by atoms with E-state index in [1.807, 2.05) is 5.43 Å². The first-order chi connectivity index (χ1) is 10.3. The molecule has 2 rings (SSSR count). The van der Waals surface area contributed by atoms with E-state index in [0.717, 1.165) is 0 Å². The summed E-state index contributed by atoms with van der Waals surface area (Å²) in [6.45, 7) is 0.671. The molecule has 1 amide bonds. The number of aromatic nitrogens is 2. The van der Waals surface area contributed by atoms with Crippen LogP contribution in [-0.4, -0.2) is 44.5 Å². The van der Waals surface area contributed by atoms with E-state index in [9.17, 15) is 24.2 Å². The highest BCUT2D eigenvalue weighted by atomic mass is 19.1. The second-order valence-electron chi connectivity index (χ2n) is 5.06. The maximum absolute atomic E-state index is 13.5. The first kappa shape index (κ1) is 16.3. The number of nitrogen functional groups attached to an aromatic ring is 1. The quantitative estimate of drug-likeness (QED) is 0.227. The number of halogens is 1. The highest BCUT2D eigenvalue weighted by Crippen LogP contribution is 2.43. The number of nitrogens with two attached hydrogens (primary N) is 2. The summed E-state index contributed by atoms with van der Waals surface area (Å²) in [5.41, 5.74) is 4.42. The number of nitrogens with one attached hydrogen (secondary N) is 1. The van der Waals surface area contributed by atoms with Crippen molar-refractivity contribution in [1.29, 1.82) is 0 Å². The Kier molecular flexibility index (Phi) is 4.15. The Balaban J connectivity index is 2.49. The Morgan fingerprint density at radius 1 is 1.68 bits per heavy atom. The van der Waals surface area contributed by atoms with Gasteiger partial charge in [0.15, 0.2) is 17.9 Å². The van der Waals surface area contributed by atoms with Crippen LogP contribution in [-0.2, 0) is 9.53 Å². The molecule has 7 N–H and O–H groups in total. The summed E-state index contributed by atoms with van der Waals surface area (Å²) in [6.07, 6.45) is -3.48. The summed E-state index contributed by atoms with van der Waals surface area (Å²) in [5, 5.41) is 19.7. The van der Waals surface area contributed by atoms with Crippen molar-refractivity contribution in [2.45, 2.75) is 25.4 Å². The van der Waals surface area contributed by atoms with Crippen molar-refractivity contribution in [2.75, 3.05) is 12.3 Å². The van der Waals surface area contributed by atoms with E-state index in [4.69, 9.17) is 16.3 Å². The summed E-state index contributed by atoms with van der Waals surface area (Å²) in [5.74, 6) is 2.67. The number of ether oxygens (including phenoxy) is 1. The minimum Gasteiger partial charge on any atom is -0.394 e. The van der Waals surface area contributed by atoms with Crippen LogP contribution in [0.5, 0.6) is 0 Å². The van der Waals surface area contributed by atoms with Gasteiger partial charge in [-0.05, 0) is 6.92 Å². The van der Waals surface area contributed by atoms with Gasteiger partial charge < -0.3 is 20.7 Å². The van der Waals surface area contributed by atoms with Gasteiger partial charge in [0, 0.05) is 0 Å². The number of anilines is 1. The molecule has 1 aliphatic rings. The molecule has 0 aliphatic carbocycles. The topological polar surface area (TPSA) is 166 Å². The van der Waals surface area contributed by atoms with Gasteiger partial charge in [-0.25, -0.2) is 15.0 Å². The third-order valence-electron chi connectivity index (χ3n) is 3.85. The van der Waals surface area contributed by atoms with E-state index in [-0.39, 0.29) is 0 Å². The molecule has 122 valence electrons. The number of nitrogens with zero attached hydrogens (tertiary/aromatic N) is 2. The lowest BCUT2D eigenvalue weighted by atomic mass is 9.79. The third kappa shape index (κ3) is 2.23. The molecule has 0 bridgehead atoms. The molecule has 0 saturated carbocycles.